The number of hydrogen-bond acceptors (Lipinski definition) is 3. The Labute approximate surface area is 233 Å². The molecule has 3 nitrogen and oxygen atoms in total. The maximum Gasteiger partial charge on any atom is 0.530 e. The molecule has 4 heteroatoms. The second kappa shape index (κ2) is 10.5. The Balaban J connectivity index is 1.55. The molecule has 39 heavy (non-hydrogen) atoms. The SMILES string of the molecule is Cc1ccc(OP(Oc2ccc3ccccc3c2)Oc2cc3ccc(C(C)(C)C)cc3cc2C(C)(C)C)cc1. The predicted octanol–water partition coefficient (Wildman–Crippen LogP) is 10.7. The molecule has 0 saturated heterocycles. The first-order valence-electron chi connectivity index (χ1n) is 13.4. The van der Waals surface area contributed by atoms with E-state index in [1.165, 1.54) is 16.5 Å². The van der Waals surface area contributed by atoms with Gasteiger partial charge in [0, 0.05) is 5.56 Å². The molecule has 0 aliphatic rings. The molecule has 0 aliphatic heterocycles. The lowest BCUT2D eigenvalue weighted by Gasteiger charge is -2.26. The molecule has 0 spiro atoms. The number of fused-ring (bicyclic) bond motifs is 2. The summed E-state index contributed by atoms with van der Waals surface area (Å²) in [4.78, 5) is 0. The Hall–Kier alpha value is -3.55. The topological polar surface area (TPSA) is 27.7 Å². The van der Waals surface area contributed by atoms with Crippen molar-refractivity contribution in [3.63, 3.8) is 0 Å². The standard InChI is InChI=1S/C35H37O3P/c1-24-12-17-30(18-13-24)36-39(37-31-19-15-25-10-8-9-11-26(25)21-31)38-33-23-27-14-16-29(34(2,3)4)20-28(27)22-32(33)35(5,6)7/h8-23H,1-7H3. The van der Waals surface area contributed by atoms with Crippen LogP contribution in [0.1, 0.15) is 58.2 Å². The van der Waals surface area contributed by atoms with Crippen LogP contribution in [0, 0.1) is 6.92 Å². The van der Waals surface area contributed by atoms with Gasteiger partial charge in [0.2, 0.25) is 0 Å². The molecule has 0 N–H and O–H groups in total. The van der Waals surface area contributed by atoms with E-state index in [1.54, 1.807) is 0 Å². The van der Waals surface area contributed by atoms with E-state index >= 15 is 0 Å². The normalized spacial score (nSPS) is 12.9. The highest BCUT2D eigenvalue weighted by Gasteiger charge is 2.27. The summed E-state index contributed by atoms with van der Waals surface area (Å²) in [6, 6.07) is 33.4. The van der Waals surface area contributed by atoms with Crippen LogP contribution in [0.3, 0.4) is 0 Å². The fourth-order valence-corrected chi connectivity index (χ4v) is 5.54. The second-order valence-electron chi connectivity index (χ2n) is 12.2. The number of aryl methyl sites for hydroxylation is 1. The van der Waals surface area contributed by atoms with E-state index in [9.17, 15) is 0 Å². The van der Waals surface area contributed by atoms with Crippen LogP contribution in [-0.4, -0.2) is 0 Å². The summed E-state index contributed by atoms with van der Waals surface area (Å²) in [6.07, 6.45) is 0. The third-order valence-electron chi connectivity index (χ3n) is 6.89. The van der Waals surface area contributed by atoms with Gasteiger partial charge in [-0.05, 0) is 81.3 Å². The monoisotopic (exact) mass is 536 g/mol. The average Bonchev–Trinajstić information content (AvgIpc) is 2.88. The first-order valence-corrected chi connectivity index (χ1v) is 14.5. The molecule has 0 radical (unpaired) electrons. The number of hydrogen-bond donors (Lipinski definition) is 0. The molecule has 5 aromatic rings. The van der Waals surface area contributed by atoms with Crippen LogP contribution in [0.15, 0.2) is 97.1 Å². The molecule has 1 atom stereocenters. The minimum atomic E-state index is -1.80. The molecule has 0 amide bonds. The first-order chi connectivity index (χ1) is 18.5. The summed E-state index contributed by atoms with van der Waals surface area (Å²) in [6.45, 7) is 15.4. The van der Waals surface area contributed by atoms with Gasteiger partial charge in [0.15, 0.2) is 0 Å². The van der Waals surface area contributed by atoms with Gasteiger partial charge in [-0.2, -0.15) is 0 Å². The van der Waals surface area contributed by atoms with Gasteiger partial charge in [-0.25, -0.2) is 0 Å². The Kier molecular flexibility index (Phi) is 7.31. The van der Waals surface area contributed by atoms with Crippen LogP contribution >= 0.6 is 8.60 Å². The minimum absolute atomic E-state index is 0.0785. The molecule has 5 aromatic carbocycles. The highest BCUT2D eigenvalue weighted by Crippen LogP contribution is 2.46. The Morgan fingerprint density at radius 1 is 0.513 bits per heavy atom. The number of benzene rings is 5. The summed E-state index contributed by atoms with van der Waals surface area (Å²) in [5.74, 6) is 2.19. The molecule has 0 heterocycles. The zero-order valence-electron chi connectivity index (χ0n) is 23.9. The molecule has 5 rings (SSSR count). The first kappa shape index (κ1) is 27.0. The van der Waals surface area contributed by atoms with Crippen molar-refractivity contribution in [2.24, 2.45) is 0 Å². The molecule has 0 saturated carbocycles. The number of rotatable bonds is 6. The average molecular weight is 537 g/mol. The fourth-order valence-electron chi connectivity index (χ4n) is 4.54. The summed E-state index contributed by atoms with van der Waals surface area (Å²) in [5.41, 5.74) is 3.53. The second-order valence-corrected chi connectivity index (χ2v) is 13.2. The fraction of sp³-hybridized carbons (Fsp3) is 0.257. The van der Waals surface area contributed by atoms with Crippen molar-refractivity contribution in [1.29, 1.82) is 0 Å². The zero-order chi connectivity index (χ0) is 27.8. The van der Waals surface area contributed by atoms with Gasteiger partial charge in [0.05, 0.1) is 0 Å². The van der Waals surface area contributed by atoms with E-state index in [1.807, 2.05) is 48.5 Å². The van der Waals surface area contributed by atoms with E-state index in [4.69, 9.17) is 13.6 Å². The van der Waals surface area contributed by atoms with Crippen LogP contribution in [-0.2, 0) is 10.8 Å². The minimum Gasteiger partial charge on any atom is -0.409 e. The highest BCUT2D eigenvalue weighted by atomic mass is 31.2. The molecule has 0 aromatic heterocycles. The Morgan fingerprint density at radius 3 is 1.82 bits per heavy atom. The van der Waals surface area contributed by atoms with Gasteiger partial charge >= 0.3 is 8.60 Å². The van der Waals surface area contributed by atoms with Gasteiger partial charge in [-0.1, -0.05) is 108 Å². The van der Waals surface area contributed by atoms with Crippen LogP contribution < -0.4 is 13.6 Å². The predicted molar refractivity (Wildman–Crippen MR) is 165 cm³/mol. The van der Waals surface area contributed by atoms with Gasteiger partial charge in [0.25, 0.3) is 0 Å². The van der Waals surface area contributed by atoms with Gasteiger partial charge < -0.3 is 13.6 Å². The Morgan fingerprint density at radius 2 is 1.13 bits per heavy atom. The van der Waals surface area contributed by atoms with Crippen LogP contribution in [0.25, 0.3) is 21.5 Å². The van der Waals surface area contributed by atoms with Gasteiger partial charge in [0.1, 0.15) is 17.2 Å². The quantitative estimate of drug-likeness (QED) is 0.202. The maximum absolute atomic E-state index is 6.65. The summed E-state index contributed by atoms with van der Waals surface area (Å²) < 4.78 is 19.4. The van der Waals surface area contributed by atoms with Crippen molar-refractivity contribution in [2.75, 3.05) is 0 Å². The summed E-state index contributed by atoms with van der Waals surface area (Å²) in [5, 5.41) is 4.60. The molecule has 0 bridgehead atoms. The largest absolute Gasteiger partial charge is 0.530 e. The van der Waals surface area contributed by atoms with Gasteiger partial charge in [-0.15, -0.1) is 0 Å². The summed E-state index contributed by atoms with van der Waals surface area (Å²) >= 11 is 0. The van der Waals surface area contributed by atoms with Crippen LogP contribution in [0.5, 0.6) is 17.2 Å². The Bertz CT molecular complexity index is 1610. The smallest absolute Gasteiger partial charge is 0.409 e. The van der Waals surface area contributed by atoms with Crippen LogP contribution in [0.2, 0.25) is 0 Å². The van der Waals surface area contributed by atoms with Crippen molar-refractivity contribution in [1.82, 2.24) is 0 Å². The lowest BCUT2D eigenvalue weighted by atomic mass is 9.83. The lowest BCUT2D eigenvalue weighted by molar-refractivity contribution is 0.383. The van der Waals surface area contributed by atoms with E-state index in [-0.39, 0.29) is 10.8 Å². The van der Waals surface area contributed by atoms with Crippen molar-refractivity contribution in [3.05, 3.63) is 114 Å². The molecule has 0 fully saturated rings. The third kappa shape index (κ3) is 6.37. The molecular weight excluding hydrogens is 499 g/mol. The van der Waals surface area contributed by atoms with E-state index in [2.05, 4.69) is 97.0 Å². The molecule has 1 unspecified atom stereocenters. The zero-order valence-corrected chi connectivity index (χ0v) is 24.8. The maximum atomic E-state index is 6.65. The van der Waals surface area contributed by atoms with E-state index < -0.39 is 8.60 Å². The van der Waals surface area contributed by atoms with Crippen molar-refractivity contribution >= 4 is 30.1 Å². The molecule has 0 aliphatic carbocycles. The van der Waals surface area contributed by atoms with E-state index in [0.29, 0.717) is 11.5 Å². The highest BCUT2D eigenvalue weighted by molar-refractivity contribution is 7.43. The van der Waals surface area contributed by atoms with Crippen molar-refractivity contribution in [3.8, 4) is 17.2 Å². The third-order valence-corrected chi connectivity index (χ3v) is 7.95. The summed E-state index contributed by atoms with van der Waals surface area (Å²) in [7, 11) is -1.80. The van der Waals surface area contributed by atoms with Gasteiger partial charge in [-0.3, -0.25) is 0 Å². The van der Waals surface area contributed by atoms with Crippen LogP contribution in [0.4, 0.5) is 0 Å². The molecule has 200 valence electrons. The molecular formula is C35H37O3P. The van der Waals surface area contributed by atoms with Crippen molar-refractivity contribution < 1.29 is 13.6 Å². The lowest BCUT2D eigenvalue weighted by Crippen LogP contribution is -2.14. The van der Waals surface area contributed by atoms with Crippen molar-refractivity contribution in [2.45, 2.75) is 59.3 Å². The van der Waals surface area contributed by atoms with E-state index in [0.717, 1.165) is 27.5 Å².